The molecule has 12 heteroatoms. The lowest BCUT2D eigenvalue weighted by atomic mass is 9.89. The van der Waals surface area contributed by atoms with Crippen LogP contribution in [0.3, 0.4) is 0 Å². The summed E-state index contributed by atoms with van der Waals surface area (Å²) < 4.78 is 26.5. The molecule has 10 rings (SSSR count). The fourth-order valence-corrected chi connectivity index (χ4v) is 10.1. The lowest BCUT2D eigenvalue weighted by Crippen LogP contribution is -2.22. The van der Waals surface area contributed by atoms with Gasteiger partial charge in [0, 0.05) is 23.2 Å². The van der Waals surface area contributed by atoms with Crippen molar-refractivity contribution in [2.45, 2.75) is 62.9 Å². The molecule has 1 fully saturated rings. The number of aromatic nitrogens is 4. The highest BCUT2D eigenvalue weighted by atomic mass is 32.1. The molecule has 0 unspecified atom stereocenters. The van der Waals surface area contributed by atoms with Crippen LogP contribution in [0, 0.1) is 5.82 Å². The molecule has 256 valence electrons. The number of nitrogens with zero attached hydrogens (tertiary/aromatic N) is 4. The molecule has 0 bridgehead atoms. The third-order valence-electron chi connectivity index (χ3n) is 11.2. The number of aryl methyl sites for hydroxylation is 1. The number of amides is 1. The number of H-pyrrole nitrogens is 1. The number of anilines is 1. The minimum atomic E-state index is -0.684. The van der Waals surface area contributed by atoms with Crippen molar-refractivity contribution in [3.63, 3.8) is 0 Å². The summed E-state index contributed by atoms with van der Waals surface area (Å²) in [5, 5.41) is 11.5. The zero-order valence-corrected chi connectivity index (χ0v) is 28.6. The number of nitrogens with one attached hydrogen (secondary N) is 2. The number of pyridine rings is 2. The number of rotatable bonds is 7. The minimum Gasteiger partial charge on any atom is -0.496 e. The van der Waals surface area contributed by atoms with Crippen molar-refractivity contribution in [2.24, 2.45) is 0 Å². The quantitative estimate of drug-likeness (QED) is 0.175. The SMILES string of the molecule is COc1cccc2c1CC[C@H]2Nc1nccc2cc(-c3c4c(nc(C[C@@H]5CCc6cc(F)ccc65)c3-c3n[nH]c(=O)o3)[C@@H]3CCCN3C4=O)sc12. The van der Waals surface area contributed by atoms with Gasteiger partial charge in [-0.05, 0) is 109 Å². The van der Waals surface area contributed by atoms with Crippen LogP contribution in [0.5, 0.6) is 5.75 Å². The Hall–Kier alpha value is -5.36. The molecule has 2 N–H and O–H groups in total. The molecule has 2 aliphatic heterocycles. The van der Waals surface area contributed by atoms with E-state index < -0.39 is 5.76 Å². The van der Waals surface area contributed by atoms with Crippen LogP contribution >= 0.6 is 11.3 Å². The lowest BCUT2D eigenvalue weighted by molar-refractivity contribution is 0.0776. The van der Waals surface area contributed by atoms with Gasteiger partial charge in [-0.15, -0.1) is 16.4 Å². The van der Waals surface area contributed by atoms with Crippen molar-refractivity contribution >= 4 is 33.1 Å². The first-order chi connectivity index (χ1) is 24.9. The Kier molecular flexibility index (Phi) is 6.92. The summed E-state index contributed by atoms with van der Waals surface area (Å²) >= 11 is 1.56. The number of hydrogen-bond donors (Lipinski definition) is 2. The van der Waals surface area contributed by atoms with Crippen LogP contribution in [-0.4, -0.2) is 44.6 Å². The van der Waals surface area contributed by atoms with Crippen LogP contribution in [0.4, 0.5) is 10.2 Å². The molecule has 2 aromatic carbocycles. The Morgan fingerprint density at radius 2 is 1.98 bits per heavy atom. The van der Waals surface area contributed by atoms with Crippen molar-refractivity contribution in [3.8, 4) is 27.6 Å². The fraction of sp³-hybridized carbons (Fsp3) is 0.308. The van der Waals surface area contributed by atoms with Crippen molar-refractivity contribution in [2.75, 3.05) is 19.0 Å². The minimum absolute atomic E-state index is 0.0622. The van der Waals surface area contributed by atoms with E-state index in [1.165, 1.54) is 17.2 Å². The number of methoxy groups -OCH3 is 1. The first-order valence-electron chi connectivity index (χ1n) is 17.5. The summed E-state index contributed by atoms with van der Waals surface area (Å²) in [5.74, 6) is 0.864. The first-order valence-corrected chi connectivity index (χ1v) is 18.3. The van der Waals surface area contributed by atoms with Gasteiger partial charge in [-0.3, -0.25) is 9.78 Å². The van der Waals surface area contributed by atoms with Gasteiger partial charge in [0.25, 0.3) is 11.8 Å². The van der Waals surface area contributed by atoms with Crippen molar-refractivity contribution in [3.05, 3.63) is 110 Å². The molecule has 6 heterocycles. The zero-order valence-electron chi connectivity index (χ0n) is 27.8. The Morgan fingerprint density at radius 3 is 2.84 bits per heavy atom. The van der Waals surface area contributed by atoms with Gasteiger partial charge in [0.1, 0.15) is 17.4 Å². The molecule has 4 aliphatic rings. The molecule has 10 nitrogen and oxygen atoms in total. The predicted molar refractivity (Wildman–Crippen MR) is 191 cm³/mol. The van der Waals surface area contributed by atoms with Crippen LogP contribution in [0.25, 0.3) is 32.0 Å². The summed E-state index contributed by atoms with van der Waals surface area (Å²) in [5.41, 5.74) is 7.79. The van der Waals surface area contributed by atoms with E-state index in [0.29, 0.717) is 35.3 Å². The maximum atomic E-state index is 14.3. The Bertz CT molecular complexity index is 2470. The van der Waals surface area contributed by atoms with Crippen LogP contribution in [-0.2, 0) is 19.3 Å². The third kappa shape index (κ3) is 4.76. The number of thiophene rings is 1. The molecule has 51 heavy (non-hydrogen) atoms. The predicted octanol–water partition coefficient (Wildman–Crippen LogP) is 7.51. The van der Waals surface area contributed by atoms with Crippen LogP contribution in [0.2, 0.25) is 0 Å². The summed E-state index contributed by atoms with van der Waals surface area (Å²) in [6.07, 6.45) is 7.52. The molecule has 0 saturated carbocycles. The van der Waals surface area contributed by atoms with E-state index in [2.05, 4.69) is 27.6 Å². The number of fused-ring (bicyclic) bond motifs is 6. The molecule has 4 aromatic heterocycles. The molecule has 1 saturated heterocycles. The summed E-state index contributed by atoms with van der Waals surface area (Å²) in [7, 11) is 1.71. The van der Waals surface area contributed by atoms with Gasteiger partial charge in [-0.1, -0.05) is 18.2 Å². The zero-order chi connectivity index (χ0) is 34.4. The number of carbonyl (C=O) groups is 1. The van der Waals surface area contributed by atoms with Gasteiger partial charge < -0.3 is 19.4 Å². The number of benzene rings is 2. The van der Waals surface area contributed by atoms with Crippen LogP contribution in [0.1, 0.15) is 87.7 Å². The second-order valence-corrected chi connectivity index (χ2v) is 14.9. The Morgan fingerprint density at radius 1 is 1.06 bits per heavy atom. The topological polar surface area (TPSA) is 126 Å². The highest BCUT2D eigenvalue weighted by Gasteiger charge is 2.45. The van der Waals surface area contributed by atoms with E-state index in [1.54, 1.807) is 30.7 Å². The summed E-state index contributed by atoms with van der Waals surface area (Å²) in [6.45, 7) is 0.668. The highest BCUT2D eigenvalue weighted by molar-refractivity contribution is 7.23. The number of halogens is 1. The fourth-order valence-electron chi connectivity index (χ4n) is 8.95. The van der Waals surface area contributed by atoms with Gasteiger partial charge in [-0.25, -0.2) is 19.3 Å². The van der Waals surface area contributed by atoms with E-state index in [4.69, 9.17) is 19.1 Å². The molecule has 1 amide bonds. The van der Waals surface area contributed by atoms with E-state index in [1.807, 2.05) is 29.2 Å². The number of ether oxygens (including phenoxy) is 1. The Balaban J connectivity index is 1.15. The maximum absolute atomic E-state index is 14.3. The largest absolute Gasteiger partial charge is 0.496 e. The number of carbonyl (C=O) groups excluding carboxylic acids is 1. The molecule has 0 spiro atoms. The van der Waals surface area contributed by atoms with Gasteiger partial charge in [0.15, 0.2) is 0 Å². The molecule has 2 aliphatic carbocycles. The number of aromatic amines is 1. The molecular formula is C39H33FN6O4S. The molecule has 0 radical (unpaired) electrons. The third-order valence-corrected chi connectivity index (χ3v) is 12.4. The smallest absolute Gasteiger partial charge is 0.434 e. The normalized spacial score (nSPS) is 20.2. The van der Waals surface area contributed by atoms with Gasteiger partial charge in [0.2, 0.25) is 0 Å². The first kappa shape index (κ1) is 30.5. The van der Waals surface area contributed by atoms with Gasteiger partial charge in [0.05, 0.1) is 46.4 Å². The maximum Gasteiger partial charge on any atom is 0.434 e. The van der Waals surface area contributed by atoms with Gasteiger partial charge >= 0.3 is 5.76 Å². The van der Waals surface area contributed by atoms with Gasteiger partial charge in [-0.2, -0.15) is 0 Å². The summed E-state index contributed by atoms with van der Waals surface area (Å²) in [6, 6.07) is 15.2. The molecule has 6 aromatic rings. The average molecular weight is 701 g/mol. The van der Waals surface area contributed by atoms with E-state index >= 15 is 0 Å². The van der Waals surface area contributed by atoms with Crippen molar-refractivity contribution < 1.29 is 18.3 Å². The monoisotopic (exact) mass is 700 g/mol. The second kappa shape index (κ2) is 11.6. The van der Waals surface area contributed by atoms with Crippen molar-refractivity contribution in [1.82, 2.24) is 25.1 Å². The van der Waals surface area contributed by atoms with E-state index in [0.717, 1.165) is 81.9 Å². The molecular weight excluding hydrogens is 668 g/mol. The molecule has 3 atom stereocenters. The Labute approximate surface area is 295 Å². The summed E-state index contributed by atoms with van der Waals surface area (Å²) in [4.78, 5) is 39.6. The van der Waals surface area contributed by atoms with Crippen molar-refractivity contribution in [1.29, 1.82) is 0 Å². The standard InChI is InChI=1S/C39H33FN6O4S/c1-49-29-6-2-4-24-25(29)11-12-26(24)43-36-35-21(13-14-41-36)18-30(51-35)32-31(37-44-45-39(48)50-37)27(17-20-8-7-19-16-22(40)9-10-23(19)20)42-34-28-5-3-15-46(28)38(47)33(32)34/h2,4,6,9-10,13-14,16,18,20,26,28H,3,5,7-8,11-12,15,17H2,1H3,(H,41,43)(H,45,48)/t20-,26+,28-/m0/s1. The van der Waals surface area contributed by atoms with E-state index in [-0.39, 0.29) is 35.6 Å². The van der Waals surface area contributed by atoms with Crippen LogP contribution in [0.15, 0.2) is 63.9 Å². The lowest BCUT2D eigenvalue weighted by Gasteiger charge is -2.19. The average Bonchev–Trinajstić information content (AvgIpc) is 3.99. The highest BCUT2D eigenvalue weighted by Crippen LogP contribution is 2.51. The second-order valence-electron chi connectivity index (χ2n) is 13.9. The van der Waals surface area contributed by atoms with E-state index in [9.17, 15) is 14.0 Å². The number of hydrogen-bond acceptors (Lipinski definition) is 9. The van der Waals surface area contributed by atoms with Crippen LogP contribution < -0.4 is 15.8 Å².